The molecule has 3 aliphatic rings. The molecule has 2 fully saturated rings. The van der Waals surface area contributed by atoms with Crippen LogP contribution in [0.1, 0.15) is 45.5 Å². The SMILES string of the molecule is Cc1cc(C(=O)N2CC(O)C2)cc(C)c1CCS(=O)(=O)N1CCC2(CC1)N=C(c1ccc(F)c(OC(F)(F)F)c1)NC2=O. The lowest BCUT2D eigenvalue weighted by Crippen LogP contribution is -2.53. The maximum Gasteiger partial charge on any atom is 0.573 e. The first-order valence-corrected chi connectivity index (χ1v) is 15.2. The molecule has 0 bridgehead atoms. The summed E-state index contributed by atoms with van der Waals surface area (Å²) in [5, 5.41) is 12.0. The van der Waals surface area contributed by atoms with Gasteiger partial charge < -0.3 is 20.1 Å². The van der Waals surface area contributed by atoms with Gasteiger partial charge >= 0.3 is 6.36 Å². The van der Waals surface area contributed by atoms with Crippen molar-refractivity contribution in [3.8, 4) is 5.75 Å². The number of β-amino-alcohol motifs (C(OH)–C–C–N with tert-alkyl or cyclic N) is 1. The van der Waals surface area contributed by atoms with E-state index in [1.807, 2.05) is 13.8 Å². The zero-order valence-electron chi connectivity index (χ0n) is 23.4. The highest BCUT2D eigenvalue weighted by Gasteiger charge is 2.47. The third-order valence-corrected chi connectivity index (χ3v) is 9.93. The number of hydrogen-bond donors (Lipinski definition) is 2. The Morgan fingerprint density at radius 2 is 1.77 bits per heavy atom. The second-order valence-electron chi connectivity index (χ2n) is 11.1. The Kier molecular flexibility index (Phi) is 8.03. The summed E-state index contributed by atoms with van der Waals surface area (Å²) in [6.07, 6.45) is -5.31. The van der Waals surface area contributed by atoms with Crippen molar-refractivity contribution in [3.63, 3.8) is 0 Å². The number of rotatable bonds is 7. The first kappa shape index (κ1) is 30.9. The van der Waals surface area contributed by atoms with Gasteiger partial charge in [0, 0.05) is 37.3 Å². The van der Waals surface area contributed by atoms with Gasteiger partial charge in [-0.2, -0.15) is 0 Å². The van der Waals surface area contributed by atoms with E-state index in [9.17, 15) is 40.7 Å². The molecule has 0 atom stereocenters. The number of nitrogens with one attached hydrogen (secondary N) is 1. The molecular formula is C28H30F4N4O6S. The molecule has 2 saturated heterocycles. The number of hydrogen-bond acceptors (Lipinski definition) is 7. The quantitative estimate of drug-likeness (QED) is 0.455. The van der Waals surface area contributed by atoms with Crippen molar-refractivity contribution < 1.29 is 45.4 Å². The van der Waals surface area contributed by atoms with E-state index in [4.69, 9.17) is 0 Å². The Hall–Kier alpha value is -3.56. The minimum Gasteiger partial charge on any atom is -0.403 e. The number of aliphatic hydroxyl groups excluding tert-OH is 1. The molecule has 2 aromatic carbocycles. The first-order chi connectivity index (χ1) is 20.1. The van der Waals surface area contributed by atoms with Gasteiger partial charge in [0.2, 0.25) is 10.0 Å². The van der Waals surface area contributed by atoms with E-state index in [0.717, 1.165) is 34.9 Å². The van der Waals surface area contributed by atoms with Gasteiger partial charge in [0.25, 0.3) is 11.8 Å². The Morgan fingerprint density at radius 3 is 2.35 bits per heavy atom. The summed E-state index contributed by atoms with van der Waals surface area (Å²) < 4.78 is 83.2. The maximum atomic E-state index is 13.9. The molecule has 43 heavy (non-hydrogen) atoms. The number of ether oxygens (including phenoxy) is 1. The number of aliphatic imine (C=N–C) groups is 1. The number of carbonyl (C=O) groups excluding carboxylic acids is 2. The first-order valence-electron chi connectivity index (χ1n) is 13.6. The van der Waals surface area contributed by atoms with Crippen molar-refractivity contribution in [3.05, 3.63) is 64.0 Å². The molecule has 10 nitrogen and oxygen atoms in total. The second-order valence-corrected chi connectivity index (χ2v) is 13.1. The van der Waals surface area contributed by atoms with Gasteiger partial charge in [-0.1, -0.05) is 0 Å². The van der Waals surface area contributed by atoms with E-state index in [-0.39, 0.29) is 68.5 Å². The van der Waals surface area contributed by atoms with Crippen molar-refractivity contribution in [2.45, 2.75) is 51.1 Å². The van der Waals surface area contributed by atoms with Crippen LogP contribution < -0.4 is 10.1 Å². The fourth-order valence-corrected chi connectivity index (χ4v) is 7.11. The third kappa shape index (κ3) is 6.38. The number of nitrogens with zero attached hydrogens (tertiary/aromatic N) is 3. The van der Waals surface area contributed by atoms with Crippen molar-refractivity contribution in [2.75, 3.05) is 31.9 Å². The molecule has 0 unspecified atom stereocenters. The number of likely N-dealkylation sites (tertiary alicyclic amines) is 1. The molecule has 0 saturated carbocycles. The molecule has 2 amide bonds. The van der Waals surface area contributed by atoms with Crippen molar-refractivity contribution in [2.24, 2.45) is 4.99 Å². The van der Waals surface area contributed by atoms with E-state index >= 15 is 0 Å². The van der Waals surface area contributed by atoms with Gasteiger partial charge in [0.15, 0.2) is 11.6 Å². The number of amides is 2. The minimum absolute atomic E-state index is 0.00543. The minimum atomic E-state index is -5.11. The monoisotopic (exact) mass is 626 g/mol. The number of halogens is 4. The summed E-state index contributed by atoms with van der Waals surface area (Å²) >= 11 is 0. The van der Waals surface area contributed by atoms with Gasteiger partial charge in [-0.15, -0.1) is 13.2 Å². The van der Waals surface area contributed by atoms with Crippen LogP contribution in [0.25, 0.3) is 0 Å². The fraction of sp³-hybridized carbons (Fsp3) is 0.464. The van der Waals surface area contributed by atoms with Gasteiger partial charge in [0.05, 0.1) is 11.9 Å². The lowest BCUT2D eigenvalue weighted by Gasteiger charge is -2.36. The predicted octanol–water partition coefficient (Wildman–Crippen LogP) is 2.44. The number of sulfonamides is 1. The number of carbonyl (C=O) groups is 2. The van der Waals surface area contributed by atoms with Crippen LogP contribution in [0, 0.1) is 19.7 Å². The third-order valence-electron chi connectivity index (χ3n) is 8.06. The van der Waals surface area contributed by atoms with Crippen LogP contribution in [0.5, 0.6) is 5.75 Å². The zero-order chi connectivity index (χ0) is 31.3. The van der Waals surface area contributed by atoms with Crippen LogP contribution in [-0.4, -0.2) is 90.3 Å². The van der Waals surface area contributed by atoms with Crippen molar-refractivity contribution >= 4 is 27.7 Å². The van der Waals surface area contributed by atoms with Gasteiger partial charge in [0.1, 0.15) is 11.4 Å². The Labute approximate surface area is 245 Å². The summed E-state index contributed by atoms with van der Waals surface area (Å²) in [6, 6.07) is 6.18. The molecule has 2 N–H and O–H groups in total. The normalized spacial score (nSPS) is 19.3. The van der Waals surface area contributed by atoms with E-state index in [1.54, 1.807) is 17.0 Å². The number of amidine groups is 1. The highest BCUT2D eigenvalue weighted by atomic mass is 32.2. The van der Waals surface area contributed by atoms with Crippen LogP contribution in [-0.2, 0) is 21.2 Å². The lowest BCUT2D eigenvalue weighted by atomic mass is 9.89. The van der Waals surface area contributed by atoms with E-state index in [0.29, 0.717) is 5.56 Å². The van der Waals surface area contributed by atoms with Crippen LogP contribution in [0.15, 0.2) is 35.3 Å². The predicted molar refractivity (Wildman–Crippen MR) is 147 cm³/mol. The highest BCUT2D eigenvalue weighted by Crippen LogP contribution is 2.34. The van der Waals surface area contributed by atoms with Gasteiger partial charge in [-0.3, -0.25) is 14.6 Å². The number of aryl methyl sites for hydroxylation is 2. The Bertz CT molecular complexity index is 1570. The average molecular weight is 627 g/mol. The van der Waals surface area contributed by atoms with Gasteiger partial charge in [-0.25, -0.2) is 17.1 Å². The summed E-state index contributed by atoms with van der Waals surface area (Å²) in [5.41, 5.74) is 1.58. The van der Waals surface area contributed by atoms with E-state index in [2.05, 4.69) is 15.0 Å². The topological polar surface area (TPSA) is 129 Å². The lowest BCUT2D eigenvalue weighted by molar-refractivity contribution is -0.275. The summed E-state index contributed by atoms with van der Waals surface area (Å²) in [6.45, 7) is 4.21. The molecule has 3 aliphatic heterocycles. The standard InChI is InChI=1S/C28H30F4N4O6S/c1-16-11-19(25(38)35-14-20(37)15-35)12-17(2)21(16)5-10-43(40,41)36-8-6-27(7-9-36)26(39)33-24(34-27)18-3-4-22(29)23(13-18)42-28(30,31)32/h3-4,11-13,20,37H,5-10,14-15H2,1-2H3,(H,33,34,39). The number of aliphatic hydroxyl groups is 1. The smallest absolute Gasteiger partial charge is 0.403 e. The van der Waals surface area contributed by atoms with Crippen molar-refractivity contribution in [1.82, 2.24) is 14.5 Å². The number of benzene rings is 2. The molecule has 15 heteroatoms. The molecule has 0 aromatic heterocycles. The second kappa shape index (κ2) is 11.2. The molecule has 5 rings (SSSR count). The van der Waals surface area contributed by atoms with E-state index < -0.39 is 45.5 Å². The molecule has 0 aliphatic carbocycles. The fourth-order valence-electron chi connectivity index (χ4n) is 5.66. The largest absolute Gasteiger partial charge is 0.573 e. The number of piperidine rings is 1. The van der Waals surface area contributed by atoms with Crippen LogP contribution in [0.2, 0.25) is 0 Å². The average Bonchev–Trinajstić information content (AvgIpc) is 3.21. The molecular weight excluding hydrogens is 596 g/mol. The summed E-state index contributed by atoms with van der Waals surface area (Å²) in [5.74, 6) is -3.24. The molecule has 2 aromatic rings. The van der Waals surface area contributed by atoms with Crippen LogP contribution >= 0.6 is 0 Å². The van der Waals surface area contributed by atoms with Crippen LogP contribution in [0.4, 0.5) is 17.6 Å². The Balaban J connectivity index is 1.23. The van der Waals surface area contributed by atoms with Crippen LogP contribution in [0.3, 0.4) is 0 Å². The van der Waals surface area contributed by atoms with Crippen molar-refractivity contribution in [1.29, 1.82) is 0 Å². The van der Waals surface area contributed by atoms with E-state index in [1.165, 1.54) is 4.31 Å². The highest BCUT2D eigenvalue weighted by molar-refractivity contribution is 7.89. The summed E-state index contributed by atoms with van der Waals surface area (Å²) in [4.78, 5) is 31.5. The Morgan fingerprint density at radius 1 is 1.14 bits per heavy atom. The zero-order valence-corrected chi connectivity index (χ0v) is 24.2. The number of alkyl halides is 3. The molecule has 1 spiro atoms. The summed E-state index contributed by atoms with van der Waals surface area (Å²) in [7, 11) is -3.73. The van der Waals surface area contributed by atoms with Gasteiger partial charge in [-0.05, 0) is 80.1 Å². The molecule has 0 radical (unpaired) electrons. The maximum absolute atomic E-state index is 13.9. The molecule has 232 valence electrons. The molecule has 3 heterocycles.